The Hall–Kier alpha value is -2.98. The van der Waals surface area contributed by atoms with E-state index in [1.165, 1.54) is 26.2 Å². The molecule has 0 aliphatic rings. The number of hydrogen-bond acceptors (Lipinski definition) is 6. The Labute approximate surface area is 175 Å². The molecule has 3 aromatic rings. The van der Waals surface area contributed by atoms with Crippen LogP contribution < -0.4 is 10.1 Å². The van der Waals surface area contributed by atoms with Crippen LogP contribution in [0, 0.1) is 0 Å². The van der Waals surface area contributed by atoms with Crippen molar-refractivity contribution in [2.24, 2.45) is 0 Å². The fraction of sp³-hybridized carbons (Fsp3) is 0.350. The molecule has 0 unspecified atom stereocenters. The molecule has 160 valence electrons. The molecule has 10 heteroatoms. The van der Waals surface area contributed by atoms with Gasteiger partial charge in [-0.2, -0.15) is 0 Å². The number of nitrogens with one attached hydrogen (secondary N) is 1. The highest BCUT2D eigenvalue weighted by Gasteiger charge is 2.18. The number of anilines is 1. The number of carbonyl (C=O) groups is 1. The molecule has 1 N–H and O–H groups in total. The molecule has 0 radical (unpaired) electrons. The van der Waals surface area contributed by atoms with E-state index in [9.17, 15) is 13.2 Å². The maximum atomic E-state index is 12.3. The molecule has 0 saturated carbocycles. The summed E-state index contributed by atoms with van der Waals surface area (Å²) >= 11 is 0. The fourth-order valence-electron chi connectivity index (χ4n) is 2.90. The third-order valence-corrected chi connectivity index (χ3v) is 6.30. The molecule has 0 aliphatic carbocycles. The van der Waals surface area contributed by atoms with Gasteiger partial charge in [-0.25, -0.2) is 17.4 Å². The van der Waals surface area contributed by atoms with Crippen molar-refractivity contribution in [3.63, 3.8) is 0 Å². The van der Waals surface area contributed by atoms with Crippen molar-refractivity contribution in [3.8, 4) is 5.75 Å². The van der Waals surface area contributed by atoms with Gasteiger partial charge in [0.1, 0.15) is 11.3 Å². The highest BCUT2D eigenvalue weighted by Crippen LogP contribution is 2.20. The Balaban J connectivity index is 1.57. The normalized spacial score (nSPS) is 11.7. The van der Waals surface area contributed by atoms with E-state index in [1.54, 1.807) is 22.9 Å². The summed E-state index contributed by atoms with van der Waals surface area (Å²) in [6.07, 6.45) is 0.890. The summed E-state index contributed by atoms with van der Waals surface area (Å²) < 4.78 is 32.7. The van der Waals surface area contributed by atoms with Crippen molar-refractivity contribution in [1.29, 1.82) is 0 Å². The largest absolute Gasteiger partial charge is 0.494 e. The van der Waals surface area contributed by atoms with Crippen molar-refractivity contribution < 1.29 is 17.9 Å². The van der Waals surface area contributed by atoms with Gasteiger partial charge in [0.05, 0.1) is 17.0 Å². The van der Waals surface area contributed by atoms with Gasteiger partial charge in [0.15, 0.2) is 0 Å². The summed E-state index contributed by atoms with van der Waals surface area (Å²) in [6.45, 7) is 3.00. The molecule has 0 bridgehead atoms. The molecular formula is C20H25N5O4S. The van der Waals surface area contributed by atoms with Gasteiger partial charge in [-0.1, -0.05) is 5.21 Å². The Morgan fingerprint density at radius 1 is 1.17 bits per heavy atom. The molecule has 0 spiro atoms. The van der Waals surface area contributed by atoms with Gasteiger partial charge in [0, 0.05) is 32.7 Å². The first kappa shape index (κ1) is 21.7. The molecule has 0 atom stereocenters. The van der Waals surface area contributed by atoms with Gasteiger partial charge >= 0.3 is 0 Å². The van der Waals surface area contributed by atoms with Gasteiger partial charge in [0.25, 0.3) is 0 Å². The Kier molecular flexibility index (Phi) is 6.68. The number of fused-ring (bicyclic) bond motifs is 1. The topological polar surface area (TPSA) is 106 Å². The van der Waals surface area contributed by atoms with Gasteiger partial charge in [-0.05, 0) is 55.8 Å². The summed E-state index contributed by atoms with van der Waals surface area (Å²) in [5, 5.41) is 11.0. The Morgan fingerprint density at radius 2 is 1.90 bits per heavy atom. The zero-order valence-corrected chi connectivity index (χ0v) is 18.0. The number of nitrogens with zero attached hydrogens (tertiary/aromatic N) is 4. The predicted octanol–water partition coefficient (Wildman–Crippen LogP) is 2.50. The second-order valence-electron chi connectivity index (χ2n) is 6.86. The molecule has 1 heterocycles. The second-order valence-corrected chi connectivity index (χ2v) is 9.01. The number of carbonyl (C=O) groups excluding carboxylic acids is 1. The highest BCUT2D eigenvalue weighted by molar-refractivity contribution is 7.89. The minimum absolute atomic E-state index is 0.0945. The summed E-state index contributed by atoms with van der Waals surface area (Å²) in [6, 6.07) is 12.0. The smallest absolute Gasteiger partial charge is 0.242 e. The number of hydrogen-bond donors (Lipinski definition) is 1. The molecule has 1 aromatic heterocycles. The number of aryl methyl sites for hydroxylation is 1. The average Bonchev–Trinajstić information content (AvgIpc) is 3.12. The standard InChI is InChI=1S/C20H25N5O4S/c1-4-29-16-9-7-15(8-10-16)21-20(26)6-5-13-25-19-12-11-17(14-18(19)22-23-25)30(27,28)24(2)3/h7-12,14H,4-6,13H2,1-3H3,(H,21,26). The molecule has 1 amide bonds. The van der Waals surface area contributed by atoms with Gasteiger partial charge in [-0.15, -0.1) is 5.10 Å². The van der Waals surface area contributed by atoms with E-state index >= 15 is 0 Å². The average molecular weight is 432 g/mol. The minimum atomic E-state index is -3.53. The lowest BCUT2D eigenvalue weighted by Crippen LogP contribution is -2.22. The maximum absolute atomic E-state index is 12.3. The van der Waals surface area contributed by atoms with Crippen LogP contribution in [0.1, 0.15) is 19.8 Å². The van der Waals surface area contributed by atoms with E-state index < -0.39 is 10.0 Å². The molecular weight excluding hydrogens is 406 g/mol. The zero-order valence-electron chi connectivity index (χ0n) is 17.2. The number of ether oxygens (including phenoxy) is 1. The van der Waals surface area contributed by atoms with Crippen LogP contribution in [0.3, 0.4) is 0 Å². The van der Waals surface area contributed by atoms with Crippen molar-refractivity contribution in [2.75, 3.05) is 26.0 Å². The first-order valence-corrected chi connectivity index (χ1v) is 11.0. The molecule has 0 fully saturated rings. The summed E-state index contributed by atoms with van der Waals surface area (Å²) in [5.74, 6) is 0.665. The van der Waals surface area contributed by atoms with Crippen molar-refractivity contribution in [2.45, 2.75) is 31.2 Å². The SMILES string of the molecule is CCOc1ccc(NC(=O)CCCn2nnc3cc(S(=O)(=O)N(C)C)ccc32)cc1. The lowest BCUT2D eigenvalue weighted by Gasteiger charge is -2.11. The summed E-state index contributed by atoms with van der Waals surface area (Å²) in [4.78, 5) is 12.3. The zero-order chi connectivity index (χ0) is 21.7. The second kappa shape index (κ2) is 9.23. The molecule has 0 saturated heterocycles. The number of benzene rings is 2. The molecule has 3 rings (SSSR count). The Morgan fingerprint density at radius 3 is 2.57 bits per heavy atom. The quantitative estimate of drug-likeness (QED) is 0.558. The molecule has 2 aromatic carbocycles. The predicted molar refractivity (Wildman–Crippen MR) is 114 cm³/mol. The number of sulfonamides is 1. The van der Waals surface area contributed by atoms with Gasteiger partial charge in [-0.3, -0.25) is 4.79 Å². The molecule has 0 aliphatic heterocycles. The number of rotatable bonds is 9. The summed E-state index contributed by atoms with van der Waals surface area (Å²) in [7, 11) is -0.566. The van der Waals surface area contributed by atoms with Gasteiger partial charge < -0.3 is 10.1 Å². The van der Waals surface area contributed by atoms with E-state index in [-0.39, 0.29) is 10.8 Å². The van der Waals surface area contributed by atoms with Crippen LogP contribution in [0.4, 0.5) is 5.69 Å². The first-order chi connectivity index (χ1) is 14.3. The van der Waals surface area contributed by atoms with Crippen LogP contribution in [-0.4, -0.2) is 54.3 Å². The third-order valence-electron chi connectivity index (χ3n) is 4.49. The van der Waals surface area contributed by atoms with E-state index in [0.717, 1.165) is 15.6 Å². The van der Waals surface area contributed by atoms with E-state index in [2.05, 4.69) is 15.6 Å². The highest BCUT2D eigenvalue weighted by atomic mass is 32.2. The van der Waals surface area contributed by atoms with Gasteiger partial charge in [0.2, 0.25) is 15.9 Å². The van der Waals surface area contributed by atoms with Crippen LogP contribution in [0.25, 0.3) is 11.0 Å². The minimum Gasteiger partial charge on any atom is -0.494 e. The molecule has 9 nitrogen and oxygen atoms in total. The molecule has 30 heavy (non-hydrogen) atoms. The Bertz CT molecular complexity index is 1120. The van der Waals surface area contributed by atoms with Crippen LogP contribution >= 0.6 is 0 Å². The maximum Gasteiger partial charge on any atom is 0.242 e. The third kappa shape index (κ3) is 4.95. The van der Waals surface area contributed by atoms with Crippen molar-refractivity contribution in [3.05, 3.63) is 42.5 Å². The van der Waals surface area contributed by atoms with Crippen molar-refractivity contribution >= 4 is 32.7 Å². The first-order valence-electron chi connectivity index (χ1n) is 9.59. The lowest BCUT2D eigenvalue weighted by atomic mass is 10.2. The van der Waals surface area contributed by atoms with E-state index in [1.807, 2.05) is 19.1 Å². The van der Waals surface area contributed by atoms with Crippen LogP contribution in [0.15, 0.2) is 47.4 Å². The summed E-state index contributed by atoms with van der Waals surface area (Å²) in [5.41, 5.74) is 1.93. The number of aromatic nitrogens is 3. The van der Waals surface area contributed by atoms with Crippen LogP contribution in [-0.2, 0) is 21.4 Å². The van der Waals surface area contributed by atoms with Crippen molar-refractivity contribution in [1.82, 2.24) is 19.3 Å². The van der Waals surface area contributed by atoms with E-state index in [0.29, 0.717) is 37.2 Å². The lowest BCUT2D eigenvalue weighted by molar-refractivity contribution is -0.116. The van der Waals surface area contributed by atoms with Crippen LogP contribution in [0.2, 0.25) is 0 Å². The number of amides is 1. The monoisotopic (exact) mass is 431 g/mol. The van der Waals surface area contributed by atoms with E-state index in [4.69, 9.17) is 4.74 Å². The van der Waals surface area contributed by atoms with Crippen LogP contribution in [0.5, 0.6) is 5.75 Å². The fourth-order valence-corrected chi connectivity index (χ4v) is 3.82.